The Balaban J connectivity index is 2.39. The van der Waals surface area contributed by atoms with E-state index in [9.17, 15) is 8.42 Å². The maximum absolute atomic E-state index is 11.1. The normalized spacial score (nSPS) is 11.6. The van der Waals surface area contributed by atoms with Crippen LogP contribution in [0.2, 0.25) is 0 Å². The third-order valence-electron chi connectivity index (χ3n) is 2.29. The average Bonchev–Trinajstić information content (AvgIpc) is 2.37. The molecule has 2 rings (SSSR count). The molecule has 19 heavy (non-hydrogen) atoms. The molecule has 0 unspecified atom stereocenters. The van der Waals surface area contributed by atoms with E-state index in [0.717, 1.165) is 21.4 Å². The molecule has 0 atom stereocenters. The van der Waals surface area contributed by atoms with Gasteiger partial charge in [0, 0.05) is 0 Å². The Hall–Kier alpha value is -1.19. The van der Waals surface area contributed by atoms with Gasteiger partial charge in [-0.15, -0.1) is 0 Å². The van der Waals surface area contributed by atoms with Crippen molar-refractivity contribution in [1.82, 2.24) is 0 Å². The Labute approximate surface area is 121 Å². The average molecular weight is 370 g/mol. The molecular weight excluding hydrogens is 357 g/mol. The van der Waals surface area contributed by atoms with Gasteiger partial charge in [0.15, 0.2) is 0 Å². The Morgan fingerprint density at radius 2 is 1.58 bits per heavy atom. The van der Waals surface area contributed by atoms with Crippen LogP contribution < -0.4 is 9.77 Å². The van der Waals surface area contributed by atoms with Gasteiger partial charge in [-0.05, 0) is 0 Å². The molecule has 0 bridgehead atoms. The van der Waals surface area contributed by atoms with Gasteiger partial charge in [-0.1, -0.05) is 0 Å². The summed E-state index contributed by atoms with van der Waals surface area (Å²) in [6.07, 6.45) is 1.05. The van der Waals surface area contributed by atoms with Crippen molar-refractivity contribution in [3.63, 3.8) is 0 Å². The van der Waals surface area contributed by atoms with Crippen molar-refractivity contribution >= 4 is 19.8 Å². The van der Waals surface area contributed by atoms with Gasteiger partial charge in [0.05, 0.1) is 0 Å². The van der Waals surface area contributed by atoms with Crippen molar-refractivity contribution in [1.29, 1.82) is 0 Å². The fraction of sp³-hybridized carbons (Fsp3) is 0.0769. The molecule has 0 aliphatic rings. The van der Waals surface area contributed by atoms with E-state index in [1.54, 1.807) is 0 Å². The molecule has 2 aromatic rings. The third kappa shape index (κ3) is 3.89. The van der Waals surface area contributed by atoms with Crippen LogP contribution in [0.3, 0.4) is 0 Å². The topological polar surface area (TPSA) is 69.4 Å². The number of anilines is 1. The van der Waals surface area contributed by atoms with Gasteiger partial charge >= 0.3 is 121 Å². The summed E-state index contributed by atoms with van der Waals surface area (Å²) in [6, 6.07) is 15.0. The quantitative estimate of drug-likeness (QED) is 0.655. The molecule has 0 aliphatic carbocycles. The number of hydrogen-bond donors (Lipinski definition) is 1. The Bertz CT molecular complexity index is 686. The van der Waals surface area contributed by atoms with Crippen LogP contribution in [0.1, 0.15) is 0 Å². The fourth-order valence-electron chi connectivity index (χ4n) is 1.54. The zero-order valence-electron chi connectivity index (χ0n) is 10.1. The van der Waals surface area contributed by atoms with E-state index >= 15 is 0 Å². The summed E-state index contributed by atoms with van der Waals surface area (Å²) in [7, 11) is -3.44. The van der Waals surface area contributed by atoms with Gasteiger partial charge in [-0.2, -0.15) is 0 Å². The van der Waals surface area contributed by atoms with Gasteiger partial charge < -0.3 is 0 Å². The van der Waals surface area contributed by atoms with Gasteiger partial charge in [0.1, 0.15) is 0 Å². The van der Waals surface area contributed by atoms with Crippen molar-refractivity contribution in [2.75, 3.05) is 12.0 Å². The molecule has 0 fully saturated rings. The summed E-state index contributed by atoms with van der Waals surface area (Å²) in [5, 5.41) is 0. The number of nitrogen functional groups attached to an aromatic ring is 1. The van der Waals surface area contributed by atoms with Crippen molar-refractivity contribution in [3.05, 3.63) is 48.5 Å². The first-order chi connectivity index (χ1) is 8.97. The minimum absolute atomic E-state index is 0.483. The molecule has 6 heteroatoms. The second-order valence-electron chi connectivity index (χ2n) is 3.86. The van der Waals surface area contributed by atoms with Gasteiger partial charge in [0.25, 0.3) is 0 Å². The van der Waals surface area contributed by atoms with E-state index in [1.165, 1.54) is 0 Å². The second-order valence-corrected chi connectivity index (χ2v) is 7.30. The molecule has 0 radical (unpaired) electrons. The predicted octanol–water partition coefficient (Wildman–Crippen LogP) is 1.53. The number of nitrogens with two attached hydrogens (primary N) is 1. The monoisotopic (exact) mass is 369 g/mol. The first-order valence-corrected chi connectivity index (χ1v) is 8.62. The SMILES string of the molecule is CS(=O)(=O)[O][Pd-5][c]1ccccc1-c1ccccc1N. The third-order valence-corrected chi connectivity index (χ3v) is 5.35. The Morgan fingerprint density at radius 1 is 1.00 bits per heavy atom. The molecular formula is C13H13NO3PdS-5. The molecule has 0 amide bonds. The van der Waals surface area contributed by atoms with Crippen LogP contribution in [0.25, 0.3) is 11.1 Å². The van der Waals surface area contributed by atoms with Crippen molar-refractivity contribution in [2.24, 2.45) is 0 Å². The molecule has 0 aliphatic heterocycles. The van der Waals surface area contributed by atoms with E-state index < -0.39 is 28.5 Å². The van der Waals surface area contributed by atoms with Crippen LogP contribution >= 0.6 is 0 Å². The van der Waals surface area contributed by atoms with E-state index in [-0.39, 0.29) is 0 Å². The van der Waals surface area contributed by atoms with Crippen LogP contribution in [-0.4, -0.2) is 14.7 Å². The van der Waals surface area contributed by atoms with E-state index in [1.807, 2.05) is 48.5 Å². The molecule has 4 nitrogen and oxygen atoms in total. The summed E-state index contributed by atoms with van der Waals surface area (Å²) >= 11 is -0.483. The van der Waals surface area contributed by atoms with E-state index in [0.29, 0.717) is 5.69 Å². The molecule has 0 heterocycles. The number of benzene rings is 2. The first-order valence-electron chi connectivity index (χ1n) is 5.39. The second kappa shape index (κ2) is 5.85. The van der Waals surface area contributed by atoms with Crippen LogP contribution in [-0.2, 0) is 31.4 Å². The molecule has 0 saturated heterocycles. The Morgan fingerprint density at radius 3 is 2.21 bits per heavy atom. The molecule has 109 valence electrons. The van der Waals surface area contributed by atoms with Crippen LogP contribution in [0.5, 0.6) is 0 Å². The summed E-state index contributed by atoms with van der Waals surface area (Å²) in [6.45, 7) is 0. The molecule has 2 aromatic carbocycles. The van der Waals surface area contributed by atoms with Crippen molar-refractivity contribution < 1.29 is 29.7 Å². The molecule has 0 saturated carbocycles. The van der Waals surface area contributed by atoms with Crippen molar-refractivity contribution in [2.45, 2.75) is 0 Å². The zero-order chi connectivity index (χ0) is 13.9. The van der Waals surface area contributed by atoms with Crippen LogP contribution in [0.15, 0.2) is 48.5 Å². The fourth-order valence-corrected chi connectivity index (χ4v) is 3.58. The predicted molar refractivity (Wildman–Crippen MR) is 71.9 cm³/mol. The number of rotatable bonds is 4. The van der Waals surface area contributed by atoms with E-state index in [4.69, 9.17) is 8.64 Å². The standard InChI is InChI=1S/C12H10N.CH4O3S.Pd/c13-12-9-5-4-8-11(12)10-6-2-1-3-7-10;1-5(2,3)4;/h1-6,8-9H,13H2;1H3,(H,2,3,4);/q;;-4/p-1. The molecule has 2 N–H and O–H groups in total. The van der Waals surface area contributed by atoms with E-state index in [2.05, 4.69) is 0 Å². The number of para-hydroxylation sites is 1. The van der Waals surface area contributed by atoms with Crippen LogP contribution in [0.4, 0.5) is 5.69 Å². The summed E-state index contributed by atoms with van der Waals surface area (Å²) < 4.78 is 27.9. The molecule has 0 aromatic heterocycles. The number of hydrogen-bond acceptors (Lipinski definition) is 4. The first kappa shape index (κ1) is 14.2. The maximum atomic E-state index is 11.1. The Kier molecular flexibility index (Phi) is 4.38. The van der Waals surface area contributed by atoms with Crippen molar-refractivity contribution in [3.8, 4) is 11.1 Å². The molecule has 0 spiro atoms. The zero-order valence-corrected chi connectivity index (χ0v) is 12.5. The summed E-state index contributed by atoms with van der Waals surface area (Å²) in [5.74, 6) is 0. The van der Waals surface area contributed by atoms with Crippen LogP contribution in [0, 0.1) is 0 Å². The summed E-state index contributed by atoms with van der Waals surface area (Å²) in [4.78, 5) is 0. The van der Waals surface area contributed by atoms with Gasteiger partial charge in [-0.25, -0.2) is 0 Å². The minimum atomic E-state index is -3.44. The van der Waals surface area contributed by atoms with Gasteiger partial charge in [-0.3, -0.25) is 0 Å². The summed E-state index contributed by atoms with van der Waals surface area (Å²) in [5.41, 5.74) is 8.39. The van der Waals surface area contributed by atoms with Gasteiger partial charge in [0.2, 0.25) is 0 Å².